The number of carbonyl (C=O) groups is 1. The number of anilines is 1. The van der Waals surface area contributed by atoms with Crippen LogP contribution in [0.3, 0.4) is 0 Å². The third kappa shape index (κ3) is 4.35. The number of aromatic nitrogens is 2. The maximum absolute atomic E-state index is 12.3. The number of piperidine rings is 1. The summed E-state index contributed by atoms with van der Waals surface area (Å²) in [5.74, 6) is 0.785. The summed E-state index contributed by atoms with van der Waals surface area (Å²) in [7, 11) is 0. The topological polar surface area (TPSA) is 81.9 Å². The fourth-order valence-corrected chi connectivity index (χ4v) is 2.89. The number of rotatable bonds is 3. The van der Waals surface area contributed by atoms with E-state index in [4.69, 9.17) is 0 Å². The van der Waals surface area contributed by atoms with Gasteiger partial charge in [0.15, 0.2) is 5.16 Å². The number of nitrogens with one attached hydrogen (secondary N) is 1. The van der Waals surface area contributed by atoms with Crippen molar-refractivity contribution >= 4 is 23.5 Å². The van der Waals surface area contributed by atoms with E-state index in [2.05, 4.69) is 21.4 Å². The van der Waals surface area contributed by atoms with Crippen LogP contribution in [0.15, 0.2) is 11.4 Å². The lowest BCUT2D eigenvalue weighted by Gasteiger charge is -2.36. The van der Waals surface area contributed by atoms with Crippen LogP contribution in [0.5, 0.6) is 0 Å². The number of hydrogen-bond acceptors (Lipinski definition) is 6. The van der Waals surface area contributed by atoms with Crippen molar-refractivity contribution in [1.82, 2.24) is 14.9 Å². The van der Waals surface area contributed by atoms with Crippen LogP contribution >= 0.6 is 11.8 Å². The van der Waals surface area contributed by atoms with Gasteiger partial charge in [-0.25, -0.2) is 9.97 Å². The maximum Gasteiger partial charge on any atom is 0.227 e. The molecule has 1 aromatic heterocycles. The summed E-state index contributed by atoms with van der Waals surface area (Å²) in [5.41, 5.74) is 0.115. The highest BCUT2D eigenvalue weighted by atomic mass is 32.2. The van der Waals surface area contributed by atoms with Crippen LogP contribution in [0, 0.1) is 16.7 Å². The van der Waals surface area contributed by atoms with Gasteiger partial charge in [0.2, 0.25) is 5.91 Å². The summed E-state index contributed by atoms with van der Waals surface area (Å²) in [6.07, 6.45) is 5.16. The van der Waals surface area contributed by atoms with E-state index in [0.717, 1.165) is 25.9 Å². The zero-order valence-electron chi connectivity index (χ0n) is 14.1. The molecule has 1 N–H and O–H groups in total. The Labute approximate surface area is 141 Å². The van der Waals surface area contributed by atoms with Crippen molar-refractivity contribution in [1.29, 1.82) is 5.26 Å². The summed E-state index contributed by atoms with van der Waals surface area (Å²) < 4.78 is 0. The molecular weight excluding hydrogens is 310 g/mol. The van der Waals surface area contributed by atoms with Gasteiger partial charge in [-0.1, -0.05) is 32.5 Å². The molecule has 1 amide bonds. The number of nitriles is 1. The molecule has 0 aliphatic carbocycles. The number of likely N-dealkylation sites (tertiary alicyclic amines) is 1. The van der Waals surface area contributed by atoms with Crippen molar-refractivity contribution in [3.05, 3.63) is 11.8 Å². The summed E-state index contributed by atoms with van der Waals surface area (Å²) in [5, 5.41) is 13.2. The second kappa shape index (κ2) is 7.18. The lowest BCUT2D eigenvalue weighted by atomic mass is 9.93. The minimum absolute atomic E-state index is 0.195. The summed E-state index contributed by atoms with van der Waals surface area (Å²) in [6, 6.07) is 2.34. The van der Waals surface area contributed by atoms with Gasteiger partial charge in [0.05, 0.1) is 6.20 Å². The van der Waals surface area contributed by atoms with Crippen molar-refractivity contribution in [3.63, 3.8) is 0 Å². The average molecular weight is 333 g/mol. The lowest BCUT2D eigenvalue weighted by Crippen LogP contribution is -2.46. The van der Waals surface area contributed by atoms with Crippen molar-refractivity contribution < 1.29 is 4.79 Å². The van der Waals surface area contributed by atoms with Gasteiger partial charge in [0, 0.05) is 24.5 Å². The fourth-order valence-electron chi connectivity index (χ4n) is 2.55. The first-order valence-electron chi connectivity index (χ1n) is 7.72. The Balaban J connectivity index is 2.00. The third-order valence-electron chi connectivity index (χ3n) is 3.83. The Hall–Kier alpha value is -1.81. The Bertz CT molecular complexity index is 612. The van der Waals surface area contributed by atoms with E-state index >= 15 is 0 Å². The highest BCUT2D eigenvalue weighted by molar-refractivity contribution is 7.98. The predicted molar refractivity (Wildman–Crippen MR) is 91.2 cm³/mol. The fraction of sp³-hybridized carbons (Fsp3) is 0.625. The molecule has 0 spiro atoms. The van der Waals surface area contributed by atoms with Gasteiger partial charge in [-0.3, -0.25) is 4.79 Å². The van der Waals surface area contributed by atoms with Crippen molar-refractivity contribution in [2.45, 2.75) is 44.8 Å². The largest absolute Gasteiger partial charge is 0.366 e. The summed E-state index contributed by atoms with van der Waals surface area (Å²) in [6.45, 7) is 7.31. The van der Waals surface area contributed by atoms with Gasteiger partial charge >= 0.3 is 0 Å². The van der Waals surface area contributed by atoms with E-state index < -0.39 is 0 Å². The normalized spacial score (nSPS) is 16.0. The van der Waals surface area contributed by atoms with Gasteiger partial charge < -0.3 is 10.2 Å². The molecule has 0 atom stereocenters. The third-order valence-corrected chi connectivity index (χ3v) is 4.40. The van der Waals surface area contributed by atoms with Gasteiger partial charge in [-0.05, 0) is 19.1 Å². The van der Waals surface area contributed by atoms with Crippen molar-refractivity contribution in [2.75, 3.05) is 24.7 Å². The molecule has 1 aliphatic rings. The SMILES string of the molecule is CSc1ncc(C#N)c(NC2CCN(C(=O)C(C)(C)C)CC2)n1. The molecule has 2 rings (SSSR count). The molecule has 124 valence electrons. The molecular formula is C16H23N5OS. The second-order valence-electron chi connectivity index (χ2n) is 6.69. The number of thioether (sulfide) groups is 1. The highest BCUT2D eigenvalue weighted by Crippen LogP contribution is 2.23. The Morgan fingerprint density at radius 1 is 1.43 bits per heavy atom. The highest BCUT2D eigenvalue weighted by Gasteiger charge is 2.30. The predicted octanol–water partition coefficient (Wildman–Crippen LogP) is 2.52. The number of carbonyl (C=O) groups excluding carboxylic acids is 1. The number of amides is 1. The first kappa shape index (κ1) is 17.5. The number of nitrogens with zero attached hydrogens (tertiary/aromatic N) is 4. The first-order chi connectivity index (χ1) is 10.8. The quantitative estimate of drug-likeness (QED) is 0.676. The Morgan fingerprint density at radius 2 is 2.09 bits per heavy atom. The van der Waals surface area contributed by atoms with Crippen LogP contribution in [0.4, 0.5) is 5.82 Å². The number of hydrogen-bond donors (Lipinski definition) is 1. The van der Waals surface area contributed by atoms with Crippen LogP contribution in [0.2, 0.25) is 0 Å². The zero-order valence-corrected chi connectivity index (χ0v) is 14.9. The van der Waals surface area contributed by atoms with E-state index in [1.807, 2.05) is 31.9 Å². The van der Waals surface area contributed by atoms with Gasteiger partial charge in [-0.15, -0.1) is 0 Å². The van der Waals surface area contributed by atoms with E-state index in [0.29, 0.717) is 16.5 Å². The molecule has 0 unspecified atom stereocenters. The van der Waals surface area contributed by atoms with Crippen LogP contribution in [-0.4, -0.2) is 46.2 Å². The smallest absolute Gasteiger partial charge is 0.227 e. The molecule has 0 saturated carbocycles. The van der Waals surface area contributed by atoms with Crippen molar-refractivity contribution in [3.8, 4) is 6.07 Å². The van der Waals surface area contributed by atoms with Crippen LogP contribution in [0.1, 0.15) is 39.2 Å². The summed E-state index contributed by atoms with van der Waals surface area (Å²) in [4.78, 5) is 22.7. The minimum Gasteiger partial charge on any atom is -0.366 e. The van der Waals surface area contributed by atoms with E-state index in [1.54, 1.807) is 6.20 Å². The molecule has 2 heterocycles. The molecule has 1 aliphatic heterocycles. The van der Waals surface area contributed by atoms with E-state index in [1.165, 1.54) is 11.8 Å². The molecule has 1 aromatic rings. The van der Waals surface area contributed by atoms with Crippen LogP contribution in [0.25, 0.3) is 0 Å². The van der Waals surface area contributed by atoms with Gasteiger partial charge in [-0.2, -0.15) is 5.26 Å². The molecule has 0 radical (unpaired) electrons. The van der Waals surface area contributed by atoms with Gasteiger partial charge in [0.1, 0.15) is 17.5 Å². The van der Waals surface area contributed by atoms with Gasteiger partial charge in [0.25, 0.3) is 0 Å². The average Bonchev–Trinajstić information content (AvgIpc) is 2.54. The molecule has 0 aromatic carbocycles. The second-order valence-corrected chi connectivity index (χ2v) is 7.46. The zero-order chi connectivity index (χ0) is 17.0. The molecule has 7 heteroatoms. The summed E-state index contributed by atoms with van der Waals surface area (Å²) >= 11 is 1.45. The molecule has 6 nitrogen and oxygen atoms in total. The molecule has 1 fully saturated rings. The Kier molecular flexibility index (Phi) is 5.47. The van der Waals surface area contributed by atoms with E-state index in [9.17, 15) is 10.1 Å². The van der Waals surface area contributed by atoms with Crippen molar-refractivity contribution in [2.24, 2.45) is 5.41 Å². The maximum atomic E-state index is 12.3. The monoisotopic (exact) mass is 333 g/mol. The standard InChI is InChI=1S/C16H23N5OS/c1-16(2,3)14(22)21-7-5-12(6-8-21)19-13-11(9-17)10-18-15(20-13)23-4/h10,12H,5-8H2,1-4H3,(H,18,19,20). The molecule has 23 heavy (non-hydrogen) atoms. The first-order valence-corrected chi connectivity index (χ1v) is 8.94. The van der Waals surface area contributed by atoms with Crippen LogP contribution in [-0.2, 0) is 4.79 Å². The van der Waals surface area contributed by atoms with E-state index in [-0.39, 0.29) is 17.4 Å². The molecule has 1 saturated heterocycles. The van der Waals surface area contributed by atoms with Crippen LogP contribution < -0.4 is 5.32 Å². The lowest BCUT2D eigenvalue weighted by molar-refractivity contribution is -0.140. The minimum atomic E-state index is -0.339. The Morgan fingerprint density at radius 3 is 2.61 bits per heavy atom. The molecule has 0 bridgehead atoms.